The monoisotopic (exact) mass is 625 g/mol. The Morgan fingerprint density at radius 3 is 2.04 bits per heavy atom. The van der Waals surface area contributed by atoms with Crippen molar-refractivity contribution in [2.24, 2.45) is 46.3 Å². The van der Waals surface area contributed by atoms with E-state index in [1.807, 2.05) is 0 Å². The Hall–Kier alpha value is -0.790. The molecule has 0 bridgehead atoms. The van der Waals surface area contributed by atoms with Gasteiger partial charge in [-0.05, 0) is 129 Å². The third-order valence-electron chi connectivity index (χ3n) is 14.5. The molecular weight excluding hydrogens is 548 g/mol. The molecule has 1 unspecified atom stereocenters. The molecule has 0 aliphatic heterocycles. The molecule has 2 nitrogen and oxygen atoms in total. The van der Waals surface area contributed by atoms with Crippen LogP contribution < -0.4 is 0 Å². The van der Waals surface area contributed by atoms with Gasteiger partial charge in [0, 0.05) is 6.42 Å². The predicted octanol–water partition coefficient (Wildman–Crippen LogP) is 13.8. The van der Waals surface area contributed by atoms with Crippen LogP contribution in [0, 0.1) is 46.3 Å². The van der Waals surface area contributed by atoms with Crippen molar-refractivity contribution in [3.05, 3.63) is 11.8 Å². The molecule has 4 rings (SSSR count). The number of fused-ring (bicyclic) bond motifs is 5. The second kappa shape index (κ2) is 18.7. The molecule has 0 aromatic carbocycles. The van der Waals surface area contributed by atoms with E-state index in [0.29, 0.717) is 17.3 Å². The second-order valence-electron chi connectivity index (χ2n) is 17.4. The smallest absolute Gasteiger partial charge is 0.310 e. The van der Waals surface area contributed by atoms with Crippen molar-refractivity contribution in [2.45, 2.75) is 208 Å². The SMILES string of the molecule is CCCCCCCCCCCCCCCC(=O)OC=C(C)CCC[C@@H](C)[C@H]1CC[C@H]2[C@@H]3CCC4CCCC[C@]4(C)[C@H]3CC[C@]12C. The molecule has 0 heterocycles. The summed E-state index contributed by atoms with van der Waals surface area (Å²) in [5.41, 5.74) is 2.47. The lowest BCUT2D eigenvalue weighted by Gasteiger charge is -2.61. The van der Waals surface area contributed by atoms with Crippen LogP contribution in [0.5, 0.6) is 0 Å². The summed E-state index contributed by atoms with van der Waals surface area (Å²) in [4.78, 5) is 12.3. The molecule has 0 amide bonds. The Morgan fingerprint density at radius 1 is 0.711 bits per heavy atom. The summed E-state index contributed by atoms with van der Waals surface area (Å²) >= 11 is 0. The highest BCUT2D eigenvalue weighted by atomic mass is 16.5. The number of allylic oxidation sites excluding steroid dienone is 1. The van der Waals surface area contributed by atoms with Crippen LogP contribution in [0.3, 0.4) is 0 Å². The average Bonchev–Trinajstić information content (AvgIpc) is 3.39. The van der Waals surface area contributed by atoms with Crippen LogP contribution in [0.15, 0.2) is 11.8 Å². The van der Waals surface area contributed by atoms with E-state index < -0.39 is 0 Å². The maximum absolute atomic E-state index is 12.3. The Labute approximate surface area is 281 Å². The second-order valence-corrected chi connectivity index (χ2v) is 17.4. The van der Waals surface area contributed by atoms with Gasteiger partial charge >= 0.3 is 5.97 Å². The molecule has 2 heteroatoms. The van der Waals surface area contributed by atoms with Gasteiger partial charge in [0.05, 0.1) is 6.26 Å². The number of hydrogen-bond donors (Lipinski definition) is 0. The van der Waals surface area contributed by atoms with Crippen molar-refractivity contribution in [3.63, 3.8) is 0 Å². The summed E-state index contributed by atoms with van der Waals surface area (Å²) in [7, 11) is 0. The molecule has 0 radical (unpaired) electrons. The fourth-order valence-corrected chi connectivity index (χ4v) is 11.7. The molecule has 8 atom stereocenters. The van der Waals surface area contributed by atoms with Gasteiger partial charge in [-0.1, -0.05) is 124 Å². The van der Waals surface area contributed by atoms with Crippen molar-refractivity contribution in [1.82, 2.24) is 0 Å². The largest absolute Gasteiger partial charge is 0.435 e. The molecule has 260 valence electrons. The summed E-state index contributed by atoms with van der Waals surface area (Å²) in [5, 5.41) is 0. The zero-order valence-corrected chi connectivity index (χ0v) is 30.9. The molecule has 4 saturated carbocycles. The van der Waals surface area contributed by atoms with Gasteiger partial charge in [0.2, 0.25) is 0 Å². The number of unbranched alkanes of at least 4 members (excludes halogenated alkanes) is 12. The summed E-state index contributed by atoms with van der Waals surface area (Å²) in [6.07, 6.45) is 38.3. The molecule has 0 spiro atoms. The van der Waals surface area contributed by atoms with Crippen molar-refractivity contribution < 1.29 is 9.53 Å². The van der Waals surface area contributed by atoms with Crippen molar-refractivity contribution in [3.8, 4) is 0 Å². The van der Waals surface area contributed by atoms with E-state index in [2.05, 4.69) is 34.6 Å². The Bertz CT molecular complexity index is 890. The molecule has 45 heavy (non-hydrogen) atoms. The van der Waals surface area contributed by atoms with Crippen LogP contribution in [-0.4, -0.2) is 5.97 Å². The lowest BCUT2D eigenvalue weighted by molar-refractivity contribution is -0.138. The van der Waals surface area contributed by atoms with Crippen LogP contribution in [-0.2, 0) is 9.53 Å². The third-order valence-corrected chi connectivity index (χ3v) is 14.5. The van der Waals surface area contributed by atoms with Crippen molar-refractivity contribution >= 4 is 5.97 Å². The van der Waals surface area contributed by atoms with E-state index in [0.717, 1.165) is 54.8 Å². The van der Waals surface area contributed by atoms with Crippen LogP contribution in [0.2, 0.25) is 0 Å². The third kappa shape index (κ3) is 10.1. The van der Waals surface area contributed by atoms with Gasteiger partial charge in [0.15, 0.2) is 0 Å². The topological polar surface area (TPSA) is 26.3 Å². The normalized spacial score (nSPS) is 33.7. The van der Waals surface area contributed by atoms with Crippen molar-refractivity contribution in [2.75, 3.05) is 0 Å². The van der Waals surface area contributed by atoms with Gasteiger partial charge in [-0.3, -0.25) is 4.79 Å². The van der Waals surface area contributed by atoms with E-state index in [9.17, 15) is 4.79 Å². The van der Waals surface area contributed by atoms with Crippen LogP contribution in [0.4, 0.5) is 0 Å². The maximum Gasteiger partial charge on any atom is 0.310 e. The Kier molecular flexibility index (Phi) is 15.4. The van der Waals surface area contributed by atoms with E-state index in [1.165, 1.54) is 153 Å². The van der Waals surface area contributed by atoms with Crippen LogP contribution in [0.25, 0.3) is 0 Å². The molecule has 4 aliphatic rings. The Morgan fingerprint density at radius 2 is 1.36 bits per heavy atom. The number of hydrogen-bond acceptors (Lipinski definition) is 2. The minimum Gasteiger partial charge on any atom is -0.435 e. The first-order valence-electron chi connectivity index (χ1n) is 20.6. The van der Waals surface area contributed by atoms with E-state index in [4.69, 9.17) is 4.74 Å². The Balaban J connectivity index is 1.05. The number of rotatable bonds is 20. The van der Waals surface area contributed by atoms with E-state index in [1.54, 1.807) is 6.26 Å². The average molecular weight is 625 g/mol. The van der Waals surface area contributed by atoms with Crippen molar-refractivity contribution in [1.29, 1.82) is 0 Å². The molecule has 0 saturated heterocycles. The standard InChI is InChI=1S/C43H76O2/c1-6-7-8-9-10-11-12-13-14-15-16-17-18-25-41(44)45-33-34(2)22-21-23-35(3)38-28-29-39-37-27-26-36-24-19-20-31-42(36,4)40(37)30-32-43(38,39)5/h33,35-40H,6-32H2,1-5H3/t35-,36?,37+,38-,39+,40+,42+,43-/m1/s1. The lowest BCUT2D eigenvalue weighted by Crippen LogP contribution is -2.53. The van der Waals surface area contributed by atoms with Crippen LogP contribution in [0.1, 0.15) is 208 Å². The first-order valence-corrected chi connectivity index (χ1v) is 20.6. The number of esters is 1. The summed E-state index contributed by atoms with van der Waals surface area (Å²) in [6, 6.07) is 0. The zero-order chi connectivity index (χ0) is 32.1. The summed E-state index contributed by atoms with van der Waals surface area (Å²) < 4.78 is 5.55. The molecular formula is C43H76O2. The lowest BCUT2D eigenvalue weighted by atomic mass is 9.44. The summed E-state index contributed by atoms with van der Waals surface area (Å²) in [5.74, 6) is 5.72. The molecule has 4 aliphatic carbocycles. The fraction of sp³-hybridized carbons (Fsp3) is 0.930. The number of ether oxygens (including phenoxy) is 1. The maximum atomic E-state index is 12.3. The number of carbonyl (C=O) groups is 1. The highest BCUT2D eigenvalue weighted by molar-refractivity contribution is 5.69. The quantitative estimate of drug-likeness (QED) is 0.0765. The van der Waals surface area contributed by atoms with E-state index in [-0.39, 0.29) is 5.97 Å². The minimum absolute atomic E-state index is 0.0394. The molecule has 0 N–H and O–H groups in total. The highest BCUT2D eigenvalue weighted by Crippen LogP contribution is 2.68. The first-order chi connectivity index (χ1) is 21.8. The van der Waals surface area contributed by atoms with Gasteiger partial charge in [0.25, 0.3) is 0 Å². The summed E-state index contributed by atoms with van der Waals surface area (Å²) in [6.45, 7) is 12.4. The van der Waals surface area contributed by atoms with Gasteiger partial charge < -0.3 is 4.74 Å². The molecule has 4 fully saturated rings. The van der Waals surface area contributed by atoms with Crippen LogP contribution >= 0.6 is 0 Å². The van der Waals surface area contributed by atoms with Gasteiger partial charge in [-0.2, -0.15) is 0 Å². The predicted molar refractivity (Wildman–Crippen MR) is 193 cm³/mol. The fourth-order valence-electron chi connectivity index (χ4n) is 11.7. The first kappa shape index (κ1) is 37.0. The van der Waals surface area contributed by atoms with Gasteiger partial charge in [0.1, 0.15) is 0 Å². The van der Waals surface area contributed by atoms with Gasteiger partial charge in [-0.15, -0.1) is 0 Å². The van der Waals surface area contributed by atoms with E-state index >= 15 is 0 Å². The highest BCUT2D eigenvalue weighted by Gasteiger charge is 2.60. The minimum atomic E-state index is -0.0394. The van der Waals surface area contributed by atoms with Gasteiger partial charge in [-0.25, -0.2) is 0 Å². The number of carbonyl (C=O) groups excluding carboxylic acids is 1. The zero-order valence-electron chi connectivity index (χ0n) is 30.9. The molecule has 0 aromatic heterocycles. The molecule has 0 aromatic rings.